The number of hydrogen-bond donors (Lipinski definition) is 3. The van der Waals surface area contributed by atoms with E-state index in [1.807, 2.05) is 0 Å². The second-order valence-electron chi connectivity index (χ2n) is 7.74. The summed E-state index contributed by atoms with van der Waals surface area (Å²) in [5.41, 5.74) is -0.232. The van der Waals surface area contributed by atoms with Gasteiger partial charge in [-0.2, -0.15) is 0 Å². The van der Waals surface area contributed by atoms with Crippen LogP contribution in [0, 0.1) is 6.92 Å². The van der Waals surface area contributed by atoms with Gasteiger partial charge in [0.05, 0.1) is 6.42 Å². The van der Waals surface area contributed by atoms with Crippen molar-refractivity contribution in [2.24, 2.45) is 0 Å². The van der Waals surface area contributed by atoms with Crippen LogP contribution in [0.2, 0.25) is 0 Å². The maximum absolute atomic E-state index is 12.4. The van der Waals surface area contributed by atoms with E-state index in [1.54, 1.807) is 6.92 Å². The van der Waals surface area contributed by atoms with Gasteiger partial charge in [0.2, 0.25) is 5.91 Å². The lowest BCUT2D eigenvalue weighted by Gasteiger charge is -2.38. The molecule has 2 aliphatic rings. The average molecular weight is 362 g/mol. The molecular formula is C19H30N4O3. The number of rotatable bonds is 4. The maximum atomic E-state index is 12.4. The molecule has 1 aliphatic carbocycles. The van der Waals surface area contributed by atoms with Crippen LogP contribution in [-0.2, 0) is 11.2 Å². The van der Waals surface area contributed by atoms with Gasteiger partial charge in [-0.3, -0.25) is 19.5 Å². The molecule has 1 atom stereocenters. The molecule has 2 fully saturated rings. The summed E-state index contributed by atoms with van der Waals surface area (Å²) in [5.74, 6) is -0.154. The minimum atomic E-state index is -0.539. The molecule has 1 saturated carbocycles. The largest absolute Gasteiger partial charge is 0.352 e. The minimum Gasteiger partial charge on any atom is -0.352 e. The van der Waals surface area contributed by atoms with Crippen LogP contribution >= 0.6 is 0 Å². The Bertz CT molecular complexity index is 731. The first kappa shape index (κ1) is 18.9. The van der Waals surface area contributed by atoms with E-state index >= 15 is 0 Å². The number of carbonyl (C=O) groups is 1. The Morgan fingerprint density at radius 2 is 1.81 bits per heavy atom. The van der Waals surface area contributed by atoms with Crippen LogP contribution in [0.15, 0.2) is 9.59 Å². The number of aromatic amines is 2. The van der Waals surface area contributed by atoms with Gasteiger partial charge in [-0.25, -0.2) is 4.79 Å². The molecular weight excluding hydrogens is 332 g/mol. The predicted octanol–water partition coefficient (Wildman–Crippen LogP) is 1.22. The van der Waals surface area contributed by atoms with E-state index in [9.17, 15) is 14.4 Å². The lowest BCUT2D eigenvalue weighted by molar-refractivity contribution is -0.121. The van der Waals surface area contributed by atoms with Crippen molar-refractivity contribution in [2.45, 2.75) is 76.8 Å². The van der Waals surface area contributed by atoms with Crippen molar-refractivity contribution in [3.05, 3.63) is 32.1 Å². The van der Waals surface area contributed by atoms with Gasteiger partial charge in [-0.1, -0.05) is 25.7 Å². The summed E-state index contributed by atoms with van der Waals surface area (Å²) in [6.07, 6.45) is 9.93. The van der Waals surface area contributed by atoms with Crippen LogP contribution in [0.3, 0.4) is 0 Å². The van der Waals surface area contributed by atoms with Crippen molar-refractivity contribution in [3.8, 4) is 0 Å². The summed E-state index contributed by atoms with van der Waals surface area (Å²) in [5, 5.41) is 3.10. The van der Waals surface area contributed by atoms with Crippen molar-refractivity contribution in [1.29, 1.82) is 0 Å². The number of nitrogens with one attached hydrogen (secondary N) is 3. The van der Waals surface area contributed by atoms with E-state index in [4.69, 9.17) is 0 Å². The van der Waals surface area contributed by atoms with Crippen molar-refractivity contribution in [1.82, 2.24) is 20.2 Å². The highest BCUT2D eigenvalue weighted by molar-refractivity contribution is 5.79. The molecule has 1 aliphatic heterocycles. The molecule has 0 spiro atoms. The number of aromatic nitrogens is 2. The smallest absolute Gasteiger partial charge is 0.325 e. The maximum Gasteiger partial charge on any atom is 0.325 e. The van der Waals surface area contributed by atoms with Crippen LogP contribution in [0.1, 0.15) is 62.6 Å². The molecule has 0 radical (unpaired) electrons. The van der Waals surface area contributed by atoms with E-state index in [0.29, 0.717) is 17.3 Å². The molecule has 0 unspecified atom stereocenters. The molecule has 26 heavy (non-hydrogen) atoms. The number of carbonyl (C=O) groups excluding carboxylic acids is 1. The summed E-state index contributed by atoms with van der Waals surface area (Å²) >= 11 is 0. The molecule has 1 aromatic rings. The molecule has 3 rings (SSSR count). The van der Waals surface area contributed by atoms with Crippen molar-refractivity contribution in [2.75, 3.05) is 13.1 Å². The number of piperidine rings is 1. The van der Waals surface area contributed by atoms with Crippen LogP contribution < -0.4 is 16.6 Å². The van der Waals surface area contributed by atoms with Gasteiger partial charge in [-0.05, 0) is 39.2 Å². The second kappa shape index (κ2) is 8.66. The molecule has 144 valence electrons. The summed E-state index contributed by atoms with van der Waals surface area (Å²) in [6.45, 7) is 3.67. The standard InChI is InChI=1S/C19H30N4O3/c1-13-16(18(25)22-19(26)20-13)11-17(24)21-14-7-6-10-23(12-14)15-8-4-2-3-5-9-15/h14-15H,2-12H2,1H3,(H,21,24)(H2,20,22,25,26)/t14-/m1/s1. The fourth-order valence-electron chi connectivity index (χ4n) is 4.36. The Balaban J connectivity index is 1.57. The molecule has 1 aromatic heterocycles. The number of H-pyrrole nitrogens is 2. The van der Waals surface area contributed by atoms with Gasteiger partial charge in [-0.15, -0.1) is 0 Å². The molecule has 0 aromatic carbocycles. The molecule has 1 saturated heterocycles. The monoisotopic (exact) mass is 362 g/mol. The lowest BCUT2D eigenvalue weighted by Crippen LogP contribution is -2.51. The Labute approximate surface area is 153 Å². The highest BCUT2D eigenvalue weighted by Gasteiger charge is 2.27. The highest BCUT2D eigenvalue weighted by atomic mass is 16.2. The molecule has 3 N–H and O–H groups in total. The zero-order valence-corrected chi connectivity index (χ0v) is 15.6. The summed E-state index contributed by atoms with van der Waals surface area (Å²) in [4.78, 5) is 42.9. The minimum absolute atomic E-state index is 0.00211. The second-order valence-corrected chi connectivity index (χ2v) is 7.74. The Morgan fingerprint density at radius 1 is 1.08 bits per heavy atom. The van der Waals surface area contributed by atoms with Crippen molar-refractivity contribution < 1.29 is 4.79 Å². The highest BCUT2D eigenvalue weighted by Crippen LogP contribution is 2.24. The zero-order valence-electron chi connectivity index (χ0n) is 15.6. The normalized spacial score (nSPS) is 22.7. The van der Waals surface area contributed by atoms with E-state index in [2.05, 4.69) is 20.2 Å². The number of aryl methyl sites for hydroxylation is 1. The van der Waals surface area contributed by atoms with E-state index in [1.165, 1.54) is 38.5 Å². The third kappa shape index (κ3) is 4.84. The Hall–Kier alpha value is -1.89. The number of amides is 1. The van der Waals surface area contributed by atoms with Gasteiger partial charge in [0.1, 0.15) is 0 Å². The fourth-order valence-corrected chi connectivity index (χ4v) is 4.36. The first-order chi connectivity index (χ1) is 12.5. The molecule has 7 heteroatoms. The first-order valence-corrected chi connectivity index (χ1v) is 9.88. The van der Waals surface area contributed by atoms with E-state index in [0.717, 1.165) is 25.9 Å². The van der Waals surface area contributed by atoms with Crippen molar-refractivity contribution in [3.63, 3.8) is 0 Å². The van der Waals surface area contributed by atoms with Crippen LogP contribution in [-0.4, -0.2) is 45.9 Å². The van der Waals surface area contributed by atoms with Gasteiger partial charge in [0, 0.05) is 29.9 Å². The van der Waals surface area contributed by atoms with Gasteiger partial charge >= 0.3 is 5.69 Å². The molecule has 2 heterocycles. The molecule has 0 bridgehead atoms. The lowest BCUT2D eigenvalue weighted by atomic mass is 9.99. The predicted molar refractivity (Wildman–Crippen MR) is 100 cm³/mol. The quantitative estimate of drug-likeness (QED) is 0.702. The molecule has 7 nitrogen and oxygen atoms in total. The van der Waals surface area contributed by atoms with Crippen LogP contribution in [0.25, 0.3) is 0 Å². The zero-order chi connectivity index (χ0) is 18.5. The Kier molecular flexibility index (Phi) is 6.29. The van der Waals surface area contributed by atoms with E-state index < -0.39 is 11.2 Å². The number of nitrogens with zero attached hydrogens (tertiary/aromatic N) is 1. The van der Waals surface area contributed by atoms with Crippen LogP contribution in [0.4, 0.5) is 0 Å². The number of likely N-dealkylation sites (tertiary alicyclic amines) is 1. The molecule has 1 amide bonds. The fraction of sp³-hybridized carbons (Fsp3) is 0.737. The first-order valence-electron chi connectivity index (χ1n) is 9.88. The number of hydrogen-bond acceptors (Lipinski definition) is 4. The Morgan fingerprint density at radius 3 is 2.50 bits per heavy atom. The SMILES string of the molecule is Cc1[nH]c(=O)[nH]c(=O)c1CC(=O)N[C@@H]1CCCN(C2CCCCCC2)C1. The van der Waals surface area contributed by atoms with Gasteiger partial charge < -0.3 is 10.3 Å². The topological polar surface area (TPSA) is 98.1 Å². The summed E-state index contributed by atoms with van der Waals surface area (Å²) < 4.78 is 0. The van der Waals surface area contributed by atoms with E-state index in [-0.39, 0.29) is 18.4 Å². The third-order valence-electron chi connectivity index (χ3n) is 5.75. The summed E-state index contributed by atoms with van der Waals surface area (Å²) in [7, 11) is 0. The van der Waals surface area contributed by atoms with Crippen LogP contribution in [0.5, 0.6) is 0 Å². The van der Waals surface area contributed by atoms with Gasteiger partial charge in [0.15, 0.2) is 0 Å². The third-order valence-corrected chi connectivity index (χ3v) is 5.75. The average Bonchev–Trinajstić information content (AvgIpc) is 2.88. The van der Waals surface area contributed by atoms with Gasteiger partial charge in [0.25, 0.3) is 5.56 Å². The van der Waals surface area contributed by atoms with Crippen molar-refractivity contribution >= 4 is 5.91 Å². The summed E-state index contributed by atoms with van der Waals surface area (Å²) in [6, 6.07) is 0.795.